The van der Waals surface area contributed by atoms with Crippen molar-refractivity contribution in [2.75, 3.05) is 20.7 Å². The number of ether oxygens (including phenoxy) is 2. The van der Waals surface area contributed by atoms with E-state index in [1.165, 1.54) is 32.4 Å². The van der Waals surface area contributed by atoms with Crippen LogP contribution in [0.25, 0.3) is 0 Å². The van der Waals surface area contributed by atoms with E-state index in [4.69, 9.17) is 4.74 Å². The standard InChI is InChI=1S/C13H16F4N2O3/c1-19(7-11(14)15)13(20)18-6-8-3-4-9(22-12(16)17)10(5-8)21-2/h3-5,11-12H,6-7H2,1-2H3,(H,18,20). The molecule has 22 heavy (non-hydrogen) atoms. The van der Waals surface area contributed by atoms with Crippen molar-refractivity contribution in [3.63, 3.8) is 0 Å². The van der Waals surface area contributed by atoms with Crippen molar-refractivity contribution in [2.24, 2.45) is 0 Å². The molecule has 0 aliphatic rings. The quantitative estimate of drug-likeness (QED) is 0.785. The number of alkyl halides is 4. The molecule has 0 atom stereocenters. The fourth-order valence-electron chi connectivity index (χ4n) is 1.62. The highest BCUT2D eigenvalue weighted by atomic mass is 19.3. The van der Waals surface area contributed by atoms with Gasteiger partial charge in [0.15, 0.2) is 11.5 Å². The number of carbonyl (C=O) groups excluding carboxylic acids is 1. The Morgan fingerprint density at radius 3 is 2.50 bits per heavy atom. The van der Waals surface area contributed by atoms with Gasteiger partial charge < -0.3 is 19.7 Å². The monoisotopic (exact) mass is 324 g/mol. The van der Waals surface area contributed by atoms with Crippen LogP contribution >= 0.6 is 0 Å². The van der Waals surface area contributed by atoms with E-state index in [0.717, 1.165) is 4.90 Å². The van der Waals surface area contributed by atoms with E-state index < -0.39 is 25.6 Å². The van der Waals surface area contributed by atoms with Crippen molar-refractivity contribution in [1.29, 1.82) is 0 Å². The summed E-state index contributed by atoms with van der Waals surface area (Å²) in [5.74, 6) is -0.0598. The molecule has 0 heterocycles. The average molecular weight is 324 g/mol. The van der Waals surface area contributed by atoms with Gasteiger partial charge in [0.2, 0.25) is 0 Å². The maximum absolute atomic E-state index is 12.2. The molecule has 0 radical (unpaired) electrons. The van der Waals surface area contributed by atoms with Crippen LogP contribution < -0.4 is 14.8 Å². The summed E-state index contributed by atoms with van der Waals surface area (Å²) in [6.07, 6.45) is -2.62. The molecule has 2 amide bonds. The number of nitrogens with one attached hydrogen (secondary N) is 1. The van der Waals surface area contributed by atoms with Gasteiger partial charge in [-0.3, -0.25) is 0 Å². The van der Waals surface area contributed by atoms with E-state index >= 15 is 0 Å². The van der Waals surface area contributed by atoms with Crippen molar-refractivity contribution in [3.05, 3.63) is 23.8 Å². The number of carbonyl (C=O) groups is 1. The Bertz CT molecular complexity index is 500. The van der Waals surface area contributed by atoms with Gasteiger partial charge in [0.1, 0.15) is 0 Å². The van der Waals surface area contributed by atoms with E-state index in [1.807, 2.05) is 0 Å². The molecule has 124 valence electrons. The first-order valence-electron chi connectivity index (χ1n) is 6.22. The first kappa shape index (κ1) is 17.9. The Balaban J connectivity index is 2.65. The van der Waals surface area contributed by atoms with Crippen molar-refractivity contribution in [1.82, 2.24) is 10.2 Å². The molecular formula is C13H16F4N2O3. The molecule has 0 saturated carbocycles. The number of hydrogen-bond donors (Lipinski definition) is 1. The maximum atomic E-state index is 12.2. The zero-order valence-electron chi connectivity index (χ0n) is 12.0. The van der Waals surface area contributed by atoms with Gasteiger partial charge in [0, 0.05) is 13.6 Å². The van der Waals surface area contributed by atoms with Gasteiger partial charge in [0.05, 0.1) is 13.7 Å². The third kappa shape index (κ3) is 5.66. The topological polar surface area (TPSA) is 50.8 Å². The Hall–Kier alpha value is -2.19. The average Bonchev–Trinajstić information content (AvgIpc) is 2.44. The number of nitrogens with zero attached hydrogens (tertiary/aromatic N) is 1. The Labute approximate surface area is 124 Å². The summed E-state index contributed by atoms with van der Waals surface area (Å²) in [5, 5.41) is 2.42. The van der Waals surface area contributed by atoms with Crippen LogP contribution in [-0.4, -0.2) is 44.7 Å². The van der Waals surface area contributed by atoms with Crippen LogP contribution in [-0.2, 0) is 6.54 Å². The minimum absolute atomic E-state index is 0.0255. The molecule has 1 aromatic rings. The third-order valence-corrected chi connectivity index (χ3v) is 2.65. The van der Waals surface area contributed by atoms with Crippen LogP contribution in [0.4, 0.5) is 22.4 Å². The maximum Gasteiger partial charge on any atom is 0.387 e. The summed E-state index contributed by atoms with van der Waals surface area (Å²) in [6.45, 7) is -3.64. The number of halogens is 4. The van der Waals surface area contributed by atoms with Crippen molar-refractivity contribution < 1.29 is 31.8 Å². The smallest absolute Gasteiger partial charge is 0.387 e. The third-order valence-electron chi connectivity index (χ3n) is 2.65. The van der Waals surface area contributed by atoms with Crippen LogP contribution in [0.5, 0.6) is 11.5 Å². The fourth-order valence-corrected chi connectivity index (χ4v) is 1.62. The second-order valence-electron chi connectivity index (χ2n) is 4.29. The fraction of sp³-hybridized carbons (Fsp3) is 0.462. The van der Waals surface area contributed by atoms with Gasteiger partial charge >= 0.3 is 12.6 Å². The number of benzene rings is 1. The Morgan fingerprint density at radius 2 is 1.95 bits per heavy atom. The summed E-state index contributed by atoms with van der Waals surface area (Å²) in [6, 6.07) is 3.46. The van der Waals surface area contributed by atoms with E-state index in [2.05, 4.69) is 10.1 Å². The number of amides is 2. The molecule has 0 saturated heterocycles. The van der Waals surface area contributed by atoms with Crippen LogP contribution in [0.2, 0.25) is 0 Å². The summed E-state index contributed by atoms with van der Waals surface area (Å²) in [5.41, 5.74) is 0.539. The molecule has 1 rings (SSSR count). The first-order valence-corrected chi connectivity index (χ1v) is 6.22. The zero-order valence-corrected chi connectivity index (χ0v) is 12.0. The largest absolute Gasteiger partial charge is 0.493 e. The summed E-state index contributed by atoms with van der Waals surface area (Å²) < 4.78 is 57.8. The van der Waals surface area contributed by atoms with Crippen molar-refractivity contribution >= 4 is 6.03 Å². The number of rotatable bonds is 7. The second kappa shape index (κ2) is 8.30. The highest BCUT2D eigenvalue weighted by molar-refractivity contribution is 5.73. The minimum Gasteiger partial charge on any atom is -0.493 e. The predicted octanol–water partition coefficient (Wildman–Crippen LogP) is 2.70. The highest BCUT2D eigenvalue weighted by Gasteiger charge is 2.14. The second-order valence-corrected chi connectivity index (χ2v) is 4.29. The van der Waals surface area contributed by atoms with Gasteiger partial charge in [0.25, 0.3) is 6.43 Å². The lowest BCUT2D eigenvalue weighted by atomic mass is 10.2. The molecule has 0 fully saturated rings. The van der Waals surface area contributed by atoms with Crippen molar-refractivity contribution in [2.45, 2.75) is 19.6 Å². The molecule has 9 heteroatoms. The number of methoxy groups -OCH3 is 1. The van der Waals surface area contributed by atoms with Gasteiger partial charge in [-0.25, -0.2) is 13.6 Å². The van der Waals surface area contributed by atoms with Crippen LogP contribution in [0.1, 0.15) is 5.56 Å². The summed E-state index contributed by atoms with van der Waals surface area (Å²) in [4.78, 5) is 12.4. The Morgan fingerprint density at radius 1 is 1.27 bits per heavy atom. The van der Waals surface area contributed by atoms with E-state index in [0.29, 0.717) is 5.56 Å². The molecule has 0 unspecified atom stereocenters. The van der Waals surface area contributed by atoms with Gasteiger partial charge in [-0.2, -0.15) is 8.78 Å². The molecule has 0 aliphatic carbocycles. The molecule has 0 aliphatic heterocycles. The van der Waals surface area contributed by atoms with E-state index in [-0.39, 0.29) is 18.0 Å². The molecule has 1 aromatic carbocycles. The van der Waals surface area contributed by atoms with Crippen LogP contribution in [0.3, 0.4) is 0 Å². The number of hydrogen-bond acceptors (Lipinski definition) is 3. The van der Waals surface area contributed by atoms with Crippen molar-refractivity contribution in [3.8, 4) is 11.5 Å². The van der Waals surface area contributed by atoms with Gasteiger partial charge in [-0.15, -0.1) is 0 Å². The first-order chi connectivity index (χ1) is 10.3. The lowest BCUT2D eigenvalue weighted by molar-refractivity contribution is -0.0512. The lowest BCUT2D eigenvalue weighted by Gasteiger charge is -2.17. The normalized spacial score (nSPS) is 10.7. The molecule has 5 nitrogen and oxygen atoms in total. The molecule has 0 spiro atoms. The molecule has 1 N–H and O–H groups in total. The molecule has 0 bridgehead atoms. The van der Waals surface area contributed by atoms with Gasteiger partial charge in [-0.05, 0) is 17.7 Å². The summed E-state index contributed by atoms with van der Waals surface area (Å²) in [7, 11) is 2.52. The summed E-state index contributed by atoms with van der Waals surface area (Å²) >= 11 is 0. The van der Waals surface area contributed by atoms with Gasteiger partial charge in [-0.1, -0.05) is 6.07 Å². The van der Waals surface area contributed by atoms with E-state index in [9.17, 15) is 22.4 Å². The van der Waals surface area contributed by atoms with Crippen LogP contribution in [0, 0.1) is 0 Å². The van der Waals surface area contributed by atoms with Crippen LogP contribution in [0.15, 0.2) is 18.2 Å². The molecular weight excluding hydrogens is 308 g/mol. The zero-order chi connectivity index (χ0) is 16.7. The predicted molar refractivity (Wildman–Crippen MR) is 70.5 cm³/mol. The molecule has 0 aromatic heterocycles. The Kier molecular flexibility index (Phi) is 6.74. The number of urea groups is 1. The van der Waals surface area contributed by atoms with E-state index in [1.54, 1.807) is 0 Å². The SMILES string of the molecule is COc1cc(CNC(=O)N(C)CC(F)F)ccc1OC(F)F. The highest BCUT2D eigenvalue weighted by Crippen LogP contribution is 2.29. The minimum atomic E-state index is -2.98. The lowest BCUT2D eigenvalue weighted by Crippen LogP contribution is -2.39.